The van der Waals surface area contributed by atoms with Gasteiger partial charge in [-0.2, -0.15) is 0 Å². The molecule has 0 nitrogen and oxygen atoms in total. The Bertz CT molecular complexity index is 72.6. The number of allylic oxidation sites excluding steroid dienone is 2. The van der Waals surface area contributed by atoms with Crippen molar-refractivity contribution in [1.29, 1.82) is 0 Å². The van der Waals surface area contributed by atoms with E-state index in [-0.39, 0.29) is 8.80 Å². The fourth-order valence-corrected chi connectivity index (χ4v) is 0. The topological polar surface area (TPSA) is 0 Å². The van der Waals surface area contributed by atoms with Crippen LogP contribution in [0.5, 0.6) is 0 Å². The van der Waals surface area contributed by atoms with E-state index in [1.807, 2.05) is 0 Å². The number of hydrogen-bond donors (Lipinski definition) is 0. The van der Waals surface area contributed by atoms with E-state index in [2.05, 4.69) is 39.1 Å². The van der Waals surface area contributed by atoms with E-state index in [0.717, 1.165) is 5.54 Å². The normalized spacial score (nSPS) is 13.6. The van der Waals surface area contributed by atoms with E-state index in [4.69, 9.17) is 0 Å². The summed E-state index contributed by atoms with van der Waals surface area (Å²) in [4.78, 5) is 0. The summed E-state index contributed by atoms with van der Waals surface area (Å²) in [7, 11) is -0.244. The second kappa shape index (κ2) is 4.80. The molecule has 0 aliphatic heterocycles. The highest BCUT2D eigenvalue weighted by Crippen LogP contribution is 2.04. The molecule has 0 bridgehead atoms. The fraction of sp³-hybridized carbons (Fsp3) is 0.750. The van der Waals surface area contributed by atoms with Crippen LogP contribution in [0.2, 0.25) is 18.6 Å². The number of hydrogen-bond acceptors (Lipinski definition) is 0. The molecule has 0 aromatic carbocycles. The molecule has 0 heterocycles. The van der Waals surface area contributed by atoms with Crippen molar-refractivity contribution in [1.82, 2.24) is 0 Å². The second-order valence-corrected chi connectivity index (χ2v) is 7.02. The first-order valence-electron chi connectivity index (χ1n) is 3.79. The molecule has 0 saturated heterocycles. The number of rotatable bonds is 1. The van der Waals surface area contributed by atoms with Gasteiger partial charge in [0, 0.05) is 8.80 Å². The van der Waals surface area contributed by atoms with E-state index in [0.29, 0.717) is 0 Å². The summed E-state index contributed by atoms with van der Waals surface area (Å²) >= 11 is 0. The van der Waals surface area contributed by atoms with Crippen LogP contribution in [-0.4, -0.2) is 8.80 Å². The standard InChI is InChI=1S/C5H14Si.C3H4/c1-5(2)6(3)4;1-2-3-1/h5-6H,1-4H3;1-2H,3H2. The first kappa shape index (κ1) is 8.96. The second-order valence-electron chi connectivity index (χ2n) is 3.20. The Morgan fingerprint density at radius 1 is 1.22 bits per heavy atom. The maximum Gasteiger partial charge on any atom is 0.0331 e. The van der Waals surface area contributed by atoms with E-state index in [1.54, 1.807) is 0 Å². The van der Waals surface area contributed by atoms with Gasteiger partial charge in [-0.05, 0) is 6.42 Å². The van der Waals surface area contributed by atoms with Crippen LogP contribution in [0.25, 0.3) is 0 Å². The molecular formula is C8H18Si. The summed E-state index contributed by atoms with van der Waals surface area (Å²) < 4.78 is 0. The molecule has 0 aromatic heterocycles. The molecular weight excluding hydrogens is 124 g/mol. The lowest BCUT2D eigenvalue weighted by Crippen LogP contribution is -2.03. The molecule has 0 atom stereocenters. The zero-order chi connectivity index (χ0) is 7.28. The predicted octanol–water partition coefficient (Wildman–Crippen LogP) is 2.83. The van der Waals surface area contributed by atoms with Gasteiger partial charge in [-0.3, -0.25) is 0 Å². The fourth-order valence-electron chi connectivity index (χ4n) is 0. The van der Waals surface area contributed by atoms with Gasteiger partial charge in [0.15, 0.2) is 0 Å². The van der Waals surface area contributed by atoms with Gasteiger partial charge in [-0.25, -0.2) is 0 Å². The Labute approximate surface area is 60.6 Å². The van der Waals surface area contributed by atoms with Crippen LogP contribution in [0, 0.1) is 0 Å². The smallest absolute Gasteiger partial charge is 0.0331 e. The molecule has 0 fully saturated rings. The van der Waals surface area contributed by atoms with Crippen LogP contribution in [-0.2, 0) is 0 Å². The van der Waals surface area contributed by atoms with E-state index >= 15 is 0 Å². The summed E-state index contributed by atoms with van der Waals surface area (Å²) in [5.74, 6) is 0. The zero-order valence-electron chi connectivity index (χ0n) is 7.02. The van der Waals surface area contributed by atoms with Crippen LogP contribution < -0.4 is 0 Å². The third kappa shape index (κ3) is 11.5. The average Bonchev–Trinajstić information content (AvgIpc) is 2.46. The van der Waals surface area contributed by atoms with E-state index < -0.39 is 0 Å². The molecule has 54 valence electrons. The van der Waals surface area contributed by atoms with Crippen LogP contribution in [0.4, 0.5) is 0 Å². The summed E-state index contributed by atoms with van der Waals surface area (Å²) in [5.41, 5.74) is 0.991. The van der Waals surface area contributed by atoms with Crippen molar-refractivity contribution >= 4 is 8.80 Å². The zero-order valence-corrected chi connectivity index (χ0v) is 8.17. The lowest BCUT2D eigenvalue weighted by molar-refractivity contribution is 1.04. The Kier molecular flexibility index (Phi) is 4.78. The molecule has 1 heteroatoms. The summed E-state index contributed by atoms with van der Waals surface area (Å²) in [6.45, 7) is 9.36. The maximum atomic E-state index is 2.38. The van der Waals surface area contributed by atoms with Crippen molar-refractivity contribution in [2.24, 2.45) is 0 Å². The summed E-state index contributed by atoms with van der Waals surface area (Å²) in [6.07, 6.45) is 5.50. The molecule has 0 spiro atoms. The first-order valence-corrected chi connectivity index (χ1v) is 6.77. The molecule has 9 heavy (non-hydrogen) atoms. The average molecular weight is 142 g/mol. The summed E-state index contributed by atoms with van der Waals surface area (Å²) in [6, 6.07) is 0. The van der Waals surface area contributed by atoms with Gasteiger partial charge < -0.3 is 0 Å². The Morgan fingerprint density at radius 3 is 1.44 bits per heavy atom. The van der Waals surface area contributed by atoms with Crippen LogP contribution in [0.3, 0.4) is 0 Å². The minimum Gasteiger partial charge on any atom is -0.0844 e. The third-order valence-corrected chi connectivity index (χ3v) is 4.24. The molecule has 0 unspecified atom stereocenters. The predicted molar refractivity (Wildman–Crippen MR) is 47.7 cm³/mol. The Hall–Kier alpha value is -0.0431. The van der Waals surface area contributed by atoms with Gasteiger partial charge in [0.2, 0.25) is 0 Å². The van der Waals surface area contributed by atoms with Crippen molar-refractivity contribution in [3.05, 3.63) is 12.2 Å². The summed E-state index contributed by atoms with van der Waals surface area (Å²) in [5, 5.41) is 0. The lowest BCUT2D eigenvalue weighted by Gasteiger charge is -2.03. The molecule has 0 N–H and O–H groups in total. The first-order chi connectivity index (χ1) is 4.14. The van der Waals surface area contributed by atoms with Crippen LogP contribution in [0.1, 0.15) is 20.3 Å². The van der Waals surface area contributed by atoms with Crippen molar-refractivity contribution in [2.45, 2.75) is 38.9 Å². The van der Waals surface area contributed by atoms with Gasteiger partial charge in [0.05, 0.1) is 0 Å². The van der Waals surface area contributed by atoms with Crippen molar-refractivity contribution in [3.63, 3.8) is 0 Å². The SMILES string of the molecule is C1=CC1.CC(C)[SiH](C)C. The largest absolute Gasteiger partial charge is 0.0844 e. The van der Waals surface area contributed by atoms with Gasteiger partial charge in [0.25, 0.3) is 0 Å². The van der Waals surface area contributed by atoms with Gasteiger partial charge in [-0.15, -0.1) is 0 Å². The highest BCUT2D eigenvalue weighted by molar-refractivity contribution is 6.57. The van der Waals surface area contributed by atoms with Gasteiger partial charge >= 0.3 is 0 Å². The van der Waals surface area contributed by atoms with E-state index in [9.17, 15) is 0 Å². The van der Waals surface area contributed by atoms with Crippen molar-refractivity contribution in [2.75, 3.05) is 0 Å². The quantitative estimate of drug-likeness (QED) is 0.390. The minimum absolute atomic E-state index is 0.244. The molecule has 1 aliphatic carbocycles. The van der Waals surface area contributed by atoms with Crippen molar-refractivity contribution in [3.8, 4) is 0 Å². The monoisotopic (exact) mass is 142 g/mol. The lowest BCUT2D eigenvalue weighted by atomic mass is 10.6. The molecule has 0 radical (unpaired) electrons. The maximum absolute atomic E-state index is 2.38. The minimum atomic E-state index is -0.244. The van der Waals surface area contributed by atoms with Gasteiger partial charge in [-0.1, -0.05) is 44.6 Å². The highest BCUT2D eigenvalue weighted by Gasteiger charge is 1.97. The van der Waals surface area contributed by atoms with E-state index in [1.165, 1.54) is 6.42 Å². The third-order valence-electron chi connectivity index (χ3n) is 1.57. The van der Waals surface area contributed by atoms with Crippen LogP contribution >= 0.6 is 0 Å². The molecule has 0 saturated carbocycles. The molecule has 1 rings (SSSR count). The van der Waals surface area contributed by atoms with Gasteiger partial charge in [0.1, 0.15) is 0 Å². The Balaban J connectivity index is 0.000000173. The van der Waals surface area contributed by atoms with Crippen LogP contribution in [0.15, 0.2) is 12.2 Å². The molecule has 0 amide bonds. The highest BCUT2D eigenvalue weighted by atomic mass is 28.3. The van der Waals surface area contributed by atoms with Crippen molar-refractivity contribution < 1.29 is 0 Å². The molecule has 1 aliphatic rings. The Morgan fingerprint density at radius 2 is 1.44 bits per heavy atom. The molecule has 0 aromatic rings.